The Kier molecular flexibility index (Phi) is 4.30. The summed E-state index contributed by atoms with van der Waals surface area (Å²) < 4.78 is 13.4. The van der Waals surface area contributed by atoms with Crippen LogP contribution in [0.4, 0.5) is 4.39 Å². The Labute approximate surface area is 113 Å². The molecule has 2 aromatic rings. The third kappa shape index (κ3) is 3.19. The minimum atomic E-state index is -0.209. The summed E-state index contributed by atoms with van der Waals surface area (Å²) in [6, 6.07) is 14.9. The second-order valence-electron chi connectivity index (χ2n) is 4.87. The van der Waals surface area contributed by atoms with Crippen LogP contribution in [-0.4, -0.2) is 19.0 Å². The van der Waals surface area contributed by atoms with Gasteiger partial charge < -0.3 is 5.73 Å². The Morgan fingerprint density at radius 2 is 1.68 bits per heavy atom. The van der Waals surface area contributed by atoms with Crippen LogP contribution in [0.1, 0.15) is 22.7 Å². The van der Waals surface area contributed by atoms with E-state index in [0.717, 1.165) is 16.7 Å². The summed E-state index contributed by atoms with van der Waals surface area (Å²) in [7, 11) is 3.98. The van der Waals surface area contributed by atoms with Gasteiger partial charge in [0, 0.05) is 6.54 Å². The van der Waals surface area contributed by atoms with E-state index in [4.69, 9.17) is 5.73 Å². The van der Waals surface area contributed by atoms with Crippen LogP contribution in [-0.2, 0) is 6.54 Å². The minimum absolute atomic E-state index is 0.0298. The van der Waals surface area contributed by atoms with E-state index in [1.165, 1.54) is 6.07 Å². The highest BCUT2D eigenvalue weighted by Crippen LogP contribution is 2.27. The Hall–Kier alpha value is -1.71. The quantitative estimate of drug-likeness (QED) is 0.913. The molecular weight excluding hydrogens is 239 g/mol. The molecule has 0 heterocycles. The van der Waals surface area contributed by atoms with E-state index in [1.54, 1.807) is 12.1 Å². The van der Waals surface area contributed by atoms with Gasteiger partial charge in [-0.15, -0.1) is 0 Å². The fourth-order valence-corrected chi connectivity index (χ4v) is 2.36. The number of rotatable bonds is 4. The molecule has 3 heteroatoms. The zero-order valence-corrected chi connectivity index (χ0v) is 11.3. The Morgan fingerprint density at radius 3 is 2.26 bits per heavy atom. The van der Waals surface area contributed by atoms with E-state index < -0.39 is 0 Å². The predicted octanol–water partition coefficient (Wildman–Crippen LogP) is 2.94. The average molecular weight is 258 g/mol. The average Bonchev–Trinajstić information content (AvgIpc) is 2.39. The summed E-state index contributed by atoms with van der Waals surface area (Å²) in [5.41, 5.74) is 8.84. The second kappa shape index (κ2) is 5.95. The van der Waals surface area contributed by atoms with E-state index in [-0.39, 0.29) is 11.9 Å². The lowest BCUT2D eigenvalue weighted by molar-refractivity contribution is 0.341. The summed E-state index contributed by atoms with van der Waals surface area (Å²) in [6.07, 6.45) is 0. The maximum Gasteiger partial charge on any atom is 0.123 e. The summed E-state index contributed by atoms with van der Waals surface area (Å²) in [5, 5.41) is 0. The lowest BCUT2D eigenvalue weighted by Crippen LogP contribution is -2.21. The SMILES string of the molecule is CN(C)C(c1cccc(F)c1)c1cccc(CN)c1. The van der Waals surface area contributed by atoms with Gasteiger partial charge in [0.2, 0.25) is 0 Å². The molecule has 0 saturated carbocycles. The van der Waals surface area contributed by atoms with Gasteiger partial charge in [0.25, 0.3) is 0 Å². The molecule has 0 aromatic heterocycles. The van der Waals surface area contributed by atoms with E-state index in [2.05, 4.69) is 17.0 Å². The van der Waals surface area contributed by atoms with E-state index >= 15 is 0 Å². The summed E-state index contributed by atoms with van der Waals surface area (Å²) in [4.78, 5) is 2.07. The lowest BCUT2D eigenvalue weighted by Gasteiger charge is -2.25. The monoisotopic (exact) mass is 258 g/mol. The normalized spacial score (nSPS) is 12.7. The van der Waals surface area contributed by atoms with Gasteiger partial charge in [-0.25, -0.2) is 4.39 Å². The predicted molar refractivity (Wildman–Crippen MR) is 76.3 cm³/mol. The van der Waals surface area contributed by atoms with Gasteiger partial charge in [0.15, 0.2) is 0 Å². The molecule has 0 spiro atoms. The molecule has 0 aliphatic heterocycles. The molecule has 0 bridgehead atoms. The highest BCUT2D eigenvalue weighted by Gasteiger charge is 2.17. The maximum atomic E-state index is 13.4. The smallest absolute Gasteiger partial charge is 0.123 e. The third-order valence-corrected chi connectivity index (χ3v) is 3.18. The van der Waals surface area contributed by atoms with Gasteiger partial charge in [-0.3, -0.25) is 4.90 Å². The second-order valence-corrected chi connectivity index (χ2v) is 4.87. The standard InChI is InChI=1S/C16H19FN2/c1-19(2)16(14-7-4-8-15(17)10-14)13-6-3-5-12(9-13)11-18/h3-10,16H,11,18H2,1-2H3. The minimum Gasteiger partial charge on any atom is -0.326 e. The van der Waals surface area contributed by atoms with Crippen LogP contribution in [0.2, 0.25) is 0 Å². The van der Waals surface area contributed by atoms with Gasteiger partial charge in [0.05, 0.1) is 6.04 Å². The van der Waals surface area contributed by atoms with Gasteiger partial charge in [0.1, 0.15) is 5.82 Å². The number of hydrogen-bond donors (Lipinski definition) is 1. The fraction of sp³-hybridized carbons (Fsp3) is 0.250. The molecule has 0 aliphatic carbocycles. The number of hydrogen-bond acceptors (Lipinski definition) is 2. The third-order valence-electron chi connectivity index (χ3n) is 3.18. The lowest BCUT2D eigenvalue weighted by atomic mass is 9.96. The molecular formula is C16H19FN2. The zero-order chi connectivity index (χ0) is 13.8. The van der Waals surface area contributed by atoms with Gasteiger partial charge in [-0.1, -0.05) is 36.4 Å². The van der Waals surface area contributed by atoms with Crippen LogP contribution in [0.3, 0.4) is 0 Å². The first-order chi connectivity index (χ1) is 9.11. The molecule has 19 heavy (non-hydrogen) atoms. The number of nitrogens with two attached hydrogens (primary N) is 1. The molecule has 2 N–H and O–H groups in total. The Morgan fingerprint density at radius 1 is 1.05 bits per heavy atom. The molecule has 0 fully saturated rings. The molecule has 2 aromatic carbocycles. The first kappa shape index (κ1) is 13.7. The molecule has 0 saturated heterocycles. The van der Waals surface area contributed by atoms with Gasteiger partial charge in [-0.05, 0) is 42.9 Å². The van der Waals surface area contributed by atoms with Crippen LogP contribution >= 0.6 is 0 Å². The summed E-state index contributed by atoms with van der Waals surface area (Å²) in [5.74, 6) is -0.209. The molecule has 2 rings (SSSR count). The fourth-order valence-electron chi connectivity index (χ4n) is 2.36. The Bertz CT molecular complexity index is 552. The number of nitrogens with zero attached hydrogens (tertiary/aromatic N) is 1. The van der Waals surface area contributed by atoms with Crippen molar-refractivity contribution in [3.63, 3.8) is 0 Å². The number of halogens is 1. The van der Waals surface area contributed by atoms with Crippen molar-refractivity contribution >= 4 is 0 Å². The van der Waals surface area contributed by atoms with E-state index in [1.807, 2.05) is 32.3 Å². The van der Waals surface area contributed by atoms with E-state index in [9.17, 15) is 4.39 Å². The molecule has 0 amide bonds. The summed E-state index contributed by atoms with van der Waals surface area (Å²) in [6.45, 7) is 0.511. The van der Waals surface area contributed by atoms with Crippen molar-refractivity contribution in [2.24, 2.45) is 5.73 Å². The van der Waals surface area contributed by atoms with E-state index in [0.29, 0.717) is 6.54 Å². The molecule has 100 valence electrons. The van der Waals surface area contributed by atoms with Crippen molar-refractivity contribution in [3.05, 3.63) is 71.0 Å². The first-order valence-corrected chi connectivity index (χ1v) is 6.32. The van der Waals surface area contributed by atoms with Crippen LogP contribution in [0.5, 0.6) is 0 Å². The molecule has 1 unspecified atom stereocenters. The van der Waals surface area contributed by atoms with Crippen molar-refractivity contribution in [2.75, 3.05) is 14.1 Å². The zero-order valence-electron chi connectivity index (χ0n) is 11.3. The Balaban J connectivity index is 2.45. The first-order valence-electron chi connectivity index (χ1n) is 6.32. The number of benzene rings is 2. The van der Waals surface area contributed by atoms with Crippen LogP contribution < -0.4 is 5.73 Å². The van der Waals surface area contributed by atoms with Crippen molar-refractivity contribution in [2.45, 2.75) is 12.6 Å². The van der Waals surface area contributed by atoms with Crippen molar-refractivity contribution in [3.8, 4) is 0 Å². The van der Waals surface area contributed by atoms with Crippen LogP contribution in [0.25, 0.3) is 0 Å². The van der Waals surface area contributed by atoms with Crippen molar-refractivity contribution in [1.82, 2.24) is 4.90 Å². The van der Waals surface area contributed by atoms with Crippen LogP contribution in [0.15, 0.2) is 48.5 Å². The van der Waals surface area contributed by atoms with Gasteiger partial charge in [-0.2, -0.15) is 0 Å². The largest absolute Gasteiger partial charge is 0.326 e. The highest BCUT2D eigenvalue weighted by atomic mass is 19.1. The van der Waals surface area contributed by atoms with Gasteiger partial charge >= 0.3 is 0 Å². The van der Waals surface area contributed by atoms with Crippen molar-refractivity contribution in [1.29, 1.82) is 0 Å². The topological polar surface area (TPSA) is 29.3 Å². The maximum absolute atomic E-state index is 13.4. The highest BCUT2D eigenvalue weighted by molar-refractivity contribution is 5.34. The summed E-state index contributed by atoms with van der Waals surface area (Å²) >= 11 is 0. The molecule has 2 nitrogen and oxygen atoms in total. The van der Waals surface area contributed by atoms with Crippen LogP contribution in [0, 0.1) is 5.82 Å². The molecule has 1 atom stereocenters. The molecule has 0 radical (unpaired) electrons. The molecule has 0 aliphatic rings. The van der Waals surface area contributed by atoms with Crippen molar-refractivity contribution < 1.29 is 4.39 Å².